The van der Waals surface area contributed by atoms with Crippen LogP contribution in [0.3, 0.4) is 0 Å². The minimum atomic E-state index is -0.247. The van der Waals surface area contributed by atoms with E-state index in [1.165, 1.54) is 10.8 Å². The molecule has 3 aromatic rings. The standard InChI is InChI=1S/C21H26N8O2/c1-12-7-8-15(12)26-20(30)14-11-24-29-18(23-4)10-17(27-19(14)29)25-16-6-5-9-28(21(16)31)13(2)22-3/h5-6,9-12,15,23H,7-8H2,1-4H3,(H,25,27)(H,26,30)/b22-13+/t12-,15?/m1/s1. The number of rotatable bonds is 5. The number of nitrogens with one attached hydrogen (secondary N) is 3. The monoisotopic (exact) mass is 422 g/mol. The molecule has 2 atom stereocenters. The second kappa shape index (κ2) is 8.21. The van der Waals surface area contributed by atoms with Gasteiger partial charge in [-0.3, -0.25) is 19.1 Å². The van der Waals surface area contributed by atoms with Gasteiger partial charge in [0.2, 0.25) is 0 Å². The molecule has 0 bridgehead atoms. The third-order valence-electron chi connectivity index (χ3n) is 5.79. The van der Waals surface area contributed by atoms with Crippen LogP contribution in [0.1, 0.15) is 37.0 Å². The van der Waals surface area contributed by atoms with Crippen molar-refractivity contribution in [2.75, 3.05) is 24.7 Å². The Morgan fingerprint density at radius 3 is 2.77 bits per heavy atom. The van der Waals surface area contributed by atoms with Gasteiger partial charge in [-0.25, -0.2) is 4.98 Å². The SMILES string of the molecule is C/N=C(\C)n1cccc(Nc2cc(NC)n3ncc(C(=O)NC4CC[C@H]4C)c3n2)c1=O. The Labute approximate surface area is 179 Å². The molecule has 0 aromatic carbocycles. The number of amides is 1. The van der Waals surface area contributed by atoms with Crippen molar-refractivity contribution in [3.05, 3.63) is 46.5 Å². The summed E-state index contributed by atoms with van der Waals surface area (Å²) < 4.78 is 3.03. The number of nitrogens with zero attached hydrogens (tertiary/aromatic N) is 5. The van der Waals surface area contributed by atoms with Crippen molar-refractivity contribution in [3.8, 4) is 0 Å². The summed E-state index contributed by atoms with van der Waals surface area (Å²) in [4.78, 5) is 34.3. The normalized spacial score (nSPS) is 18.5. The van der Waals surface area contributed by atoms with Crippen LogP contribution < -0.4 is 21.5 Å². The second-order valence-corrected chi connectivity index (χ2v) is 7.70. The summed E-state index contributed by atoms with van der Waals surface area (Å²) in [6, 6.07) is 5.34. The fourth-order valence-corrected chi connectivity index (χ4v) is 3.58. The summed E-state index contributed by atoms with van der Waals surface area (Å²) in [6.07, 6.45) is 5.27. The van der Waals surface area contributed by atoms with E-state index >= 15 is 0 Å². The van der Waals surface area contributed by atoms with Crippen molar-refractivity contribution >= 4 is 34.7 Å². The predicted molar refractivity (Wildman–Crippen MR) is 121 cm³/mol. The summed E-state index contributed by atoms with van der Waals surface area (Å²) >= 11 is 0. The van der Waals surface area contributed by atoms with Gasteiger partial charge < -0.3 is 16.0 Å². The van der Waals surface area contributed by atoms with Crippen LogP contribution in [-0.2, 0) is 0 Å². The molecule has 0 aliphatic heterocycles. The van der Waals surface area contributed by atoms with E-state index in [2.05, 4.69) is 37.9 Å². The van der Waals surface area contributed by atoms with E-state index in [1.54, 1.807) is 49.9 Å². The summed E-state index contributed by atoms with van der Waals surface area (Å²) in [5.74, 6) is 1.90. The molecule has 1 saturated carbocycles. The zero-order valence-electron chi connectivity index (χ0n) is 18.0. The number of carbonyl (C=O) groups excluding carboxylic acids is 1. The van der Waals surface area contributed by atoms with Crippen molar-refractivity contribution in [2.24, 2.45) is 10.9 Å². The van der Waals surface area contributed by atoms with Crippen LogP contribution in [0.25, 0.3) is 5.65 Å². The third-order valence-corrected chi connectivity index (χ3v) is 5.79. The lowest BCUT2D eigenvalue weighted by Gasteiger charge is -2.34. The highest BCUT2D eigenvalue weighted by molar-refractivity contribution is 6.00. The Morgan fingerprint density at radius 1 is 1.32 bits per heavy atom. The Morgan fingerprint density at radius 2 is 2.13 bits per heavy atom. The Balaban J connectivity index is 1.71. The second-order valence-electron chi connectivity index (χ2n) is 7.70. The molecule has 1 aliphatic carbocycles. The smallest absolute Gasteiger partial charge is 0.279 e. The van der Waals surface area contributed by atoms with Crippen LogP contribution in [0.15, 0.2) is 40.4 Å². The molecule has 3 aromatic heterocycles. The molecule has 1 unspecified atom stereocenters. The first-order chi connectivity index (χ1) is 14.9. The lowest BCUT2D eigenvalue weighted by atomic mass is 9.81. The zero-order valence-corrected chi connectivity index (χ0v) is 18.0. The molecule has 1 amide bonds. The fraction of sp³-hybridized carbons (Fsp3) is 0.381. The molecule has 0 saturated heterocycles. The largest absolute Gasteiger partial charge is 0.373 e. The summed E-state index contributed by atoms with van der Waals surface area (Å²) in [5.41, 5.74) is 0.891. The van der Waals surface area contributed by atoms with Crippen molar-refractivity contribution in [1.29, 1.82) is 0 Å². The molecule has 31 heavy (non-hydrogen) atoms. The van der Waals surface area contributed by atoms with Crippen LogP contribution in [0.4, 0.5) is 17.3 Å². The molecule has 162 valence electrons. The average molecular weight is 422 g/mol. The Hall–Kier alpha value is -3.69. The Bertz CT molecular complexity index is 1230. The molecular formula is C21H26N8O2. The van der Waals surface area contributed by atoms with Gasteiger partial charge in [-0.2, -0.15) is 9.61 Å². The molecule has 0 radical (unpaired) electrons. The molecule has 3 N–H and O–H groups in total. The minimum absolute atomic E-state index is 0.179. The molecule has 0 spiro atoms. The van der Waals surface area contributed by atoms with Crippen LogP contribution >= 0.6 is 0 Å². The lowest BCUT2D eigenvalue weighted by molar-refractivity contribution is 0.0886. The molecular weight excluding hydrogens is 396 g/mol. The molecule has 10 nitrogen and oxygen atoms in total. The summed E-state index contributed by atoms with van der Waals surface area (Å²) in [6.45, 7) is 3.89. The van der Waals surface area contributed by atoms with Gasteiger partial charge in [0.15, 0.2) is 5.65 Å². The van der Waals surface area contributed by atoms with E-state index in [0.29, 0.717) is 40.3 Å². The third kappa shape index (κ3) is 3.76. The number of anilines is 3. The number of aliphatic imine (C=N–C) groups is 1. The zero-order chi connectivity index (χ0) is 22.1. The number of carbonyl (C=O) groups is 1. The number of fused-ring (bicyclic) bond motifs is 1. The van der Waals surface area contributed by atoms with Gasteiger partial charge in [0.25, 0.3) is 11.5 Å². The molecule has 1 aliphatic rings. The number of hydrogen-bond acceptors (Lipinski definition) is 7. The molecule has 10 heteroatoms. The first kappa shape index (κ1) is 20.6. The quantitative estimate of drug-likeness (QED) is 0.428. The van der Waals surface area contributed by atoms with Crippen molar-refractivity contribution in [1.82, 2.24) is 24.5 Å². The van der Waals surface area contributed by atoms with Crippen LogP contribution in [0, 0.1) is 5.92 Å². The van der Waals surface area contributed by atoms with Gasteiger partial charge in [0, 0.05) is 32.4 Å². The fourth-order valence-electron chi connectivity index (χ4n) is 3.58. The average Bonchev–Trinajstić information content (AvgIpc) is 3.20. The number of pyridine rings is 1. The van der Waals surface area contributed by atoms with Crippen LogP contribution in [0.5, 0.6) is 0 Å². The first-order valence-electron chi connectivity index (χ1n) is 10.2. The highest BCUT2D eigenvalue weighted by atomic mass is 16.2. The van der Waals surface area contributed by atoms with Gasteiger partial charge in [0.1, 0.15) is 28.7 Å². The Kier molecular flexibility index (Phi) is 5.45. The minimum Gasteiger partial charge on any atom is -0.373 e. The topological polar surface area (TPSA) is 118 Å². The van der Waals surface area contributed by atoms with E-state index in [4.69, 9.17) is 0 Å². The summed E-state index contributed by atoms with van der Waals surface area (Å²) in [5, 5.41) is 13.5. The highest BCUT2D eigenvalue weighted by Gasteiger charge is 2.29. The van der Waals surface area contributed by atoms with Crippen molar-refractivity contribution in [3.63, 3.8) is 0 Å². The predicted octanol–water partition coefficient (Wildman–Crippen LogP) is 2.10. The van der Waals surface area contributed by atoms with Crippen LogP contribution in [-0.4, -0.2) is 51.0 Å². The van der Waals surface area contributed by atoms with E-state index in [1.807, 2.05) is 0 Å². The van der Waals surface area contributed by atoms with Gasteiger partial charge >= 0.3 is 0 Å². The number of hydrogen-bond donors (Lipinski definition) is 3. The van der Waals surface area contributed by atoms with E-state index in [0.717, 1.165) is 12.8 Å². The molecule has 3 heterocycles. The van der Waals surface area contributed by atoms with Crippen LogP contribution in [0.2, 0.25) is 0 Å². The first-order valence-corrected chi connectivity index (χ1v) is 10.2. The molecule has 1 fully saturated rings. The highest BCUT2D eigenvalue weighted by Crippen LogP contribution is 2.27. The van der Waals surface area contributed by atoms with E-state index in [9.17, 15) is 9.59 Å². The van der Waals surface area contributed by atoms with Gasteiger partial charge in [-0.15, -0.1) is 0 Å². The van der Waals surface area contributed by atoms with Gasteiger partial charge in [-0.1, -0.05) is 6.92 Å². The number of aromatic nitrogens is 4. The summed E-state index contributed by atoms with van der Waals surface area (Å²) in [7, 11) is 3.39. The maximum Gasteiger partial charge on any atom is 0.279 e. The maximum atomic E-state index is 12.8. The van der Waals surface area contributed by atoms with Crippen molar-refractivity contribution in [2.45, 2.75) is 32.7 Å². The van der Waals surface area contributed by atoms with Gasteiger partial charge in [-0.05, 0) is 37.8 Å². The van der Waals surface area contributed by atoms with E-state index < -0.39 is 0 Å². The van der Waals surface area contributed by atoms with E-state index in [-0.39, 0.29) is 17.5 Å². The van der Waals surface area contributed by atoms with Gasteiger partial charge in [0.05, 0.1) is 6.20 Å². The lowest BCUT2D eigenvalue weighted by Crippen LogP contribution is -2.45. The van der Waals surface area contributed by atoms with Crippen molar-refractivity contribution < 1.29 is 4.79 Å². The molecule has 4 rings (SSSR count). The maximum absolute atomic E-state index is 12.8.